The first-order valence-corrected chi connectivity index (χ1v) is 9.14. The van der Waals surface area contributed by atoms with Gasteiger partial charge in [-0.1, -0.05) is 30.4 Å². The normalized spacial score (nSPS) is 24.8. The molecule has 0 saturated carbocycles. The maximum absolute atomic E-state index is 11.4. The van der Waals surface area contributed by atoms with Gasteiger partial charge in [0.15, 0.2) is 0 Å². The van der Waals surface area contributed by atoms with Gasteiger partial charge in [-0.05, 0) is 70.9 Å². The van der Waals surface area contributed by atoms with E-state index in [1.54, 1.807) is 0 Å². The van der Waals surface area contributed by atoms with Crippen molar-refractivity contribution in [1.29, 1.82) is 0 Å². The average molecular weight is 327 g/mol. The highest BCUT2D eigenvalue weighted by atomic mass is 16.5. The van der Waals surface area contributed by atoms with Crippen LogP contribution >= 0.6 is 0 Å². The van der Waals surface area contributed by atoms with Gasteiger partial charge in [0.2, 0.25) is 0 Å². The van der Waals surface area contributed by atoms with Crippen molar-refractivity contribution in [2.24, 2.45) is 4.99 Å². The standard InChI is InChI=1S/C21H29NO2/c1-17-12-11-15-20(22-17)14-10-8-6-4-3-5-7-9-13-19-16-18(2)24-21(19)23/h6,8-10,13-14,16-18H,3-5,7,11-12,15H2,1-2H3/b8-6+,13-9+,14-10+/t17-,18-/m0/s1. The highest BCUT2D eigenvalue weighted by molar-refractivity contribution is 5.95. The zero-order valence-electron chi connectivity index (χ0n) is 14.9. The van der Waals surface area contributed by atoms with E-state index < -0.39 is 0 Å². The summed E-state index contributed by atoms with van der Waals surface area (Å²) in [5.74, 6) is -0.203. The minimum atomic E-state index is -0.203. The number of allylic oxidation sites excluding steroid dienone is 5. The number of rotatable bonds is 8. The van der Waals surface area contributed by atoms with Crippen LogP contribution < -0.4 is 0 Å². The highest BCUT2D eigenvalue weighted by Gasteiger charge is 2.19. The summed E-state index contributed by atoms with van der Waals surface area (Å²) >= 11 is 0. The monoisotopic (exact) mass is 327 g/mol. The molecule has 3 nitrogen and oxygen atoms in total. The summed E-state index contributed by atoms with van der Waals surface area (Å²) in [6.45, 7) is 4.06. The van der Waals surface area contributed by atoms with Crippen LogP contribution in [-0.2, 0) is 9.53 Å². The van der Waals surface area contributed by atoms with Crippen molar-refractivity contribution >= 4 is 11.7 Å². The summed E-state index contributed by atoms with van der Waals surface area (Å²) in [7, 11) is 0. The number of esters is 1. The number of aliphatic imine (C=N–C) groups is 1. The van der Waals surface area contributed by atoms with E-state index in [-0.39, 0.29) is 12.1 Å². The van der Waals surface area contributed by atoms with Gasteiger partial charge in [-0.3, -0.25) is 4.99 Å². The molecule has 2 aliphatic heterocycles. The predicted octanol–water partition coefficient (Wildman–Crippen LogP) is 5.10. The smallest absolute Gasteiger partial charge is 0.338 e. The Morgan fingerprint density at radius 1 is 1.17 bits per heavy atom. The van der Waals surface area contributed by atoms with Gasteiger partial charge in [0.1, 0.15) is 6.10 Å². The molecule has 0 N–H and O–H groups in total. The van der Waals surface area contributed by atoms with Crippen molar-refractivity contribution in [3.63, 3.8) is 0 Å². The Morgan fingerprint density at radius 3 is 2.67 bits per heavy atom. The van der Waals surface area contributed by atoms with Gasteiger partial charge < -0.3 is 4.74 Å². The molecule has 0 aromatic rings. The van der Waals surface area contributed by atoms with Gasteiger partial charge >= 0.3 is 5.97 Å². The Bertz CT molecular complexity index is 566. The van der Waals surface area contributed by atoms with E-state index in [0.29, 0.717) is 11.6 Å². The second kappa shape index (κ2) is 10.1. The predicted molar refractivity (Wildman–Crippen MR) is 100 cm³/mol. The molecule has 0 aromatic heterocycles. The number of ether oxygens (including phenoxy) is 1. The first-order chi connectivity index (χ1) is 11.6. The van der Waals surface area contributed by atoms with Gasteiger partial charge in [-0.2, -0.15) is 0 Å². The van der Waals surface area contributed by atoms with Crippen LogP contribution in [0.5, 0.6) is 0 Å². The number of carbonyl (C=O) groups is 1. The lowest BCUT2D eigenvalue weighted by molar-refractivity contribution is -0.138. The van der Waals surface area contributed by atoms with E-state index in [9.17, 15) is 4.79 Å². The SMILES string of the molecule is C[C@H]1CCCC(/C=C/C=C/CCCC/C=C/C2=C[C@H](C)OC2=O)=N1. The quantitative estimate of drug-likeness (QED) is 0.353. The van der Waals surface area contributed by atoms with E-state index in [1.807, 2.05) is 19.1 Å². The third-order valence-corrected chi connectivity index (χ3v) is 4.21. The number of cyclic esters (lactones) is 1. The Kier molecular flexibility index (Phi) is 7.73. The molecule has 2 atom stereocenters. The van der Waals surface area contributed by atoms with E-state index in [2.05, 4.69) is 42.3 Å². The van der Waals surface area contributed by atoms with Crippen LogP contribution in [0.4, 0.5) is 0 Å². The molecule has 0 spiro atoms. The molecule has 0 bridgehead atoms. The molecule has 0 unspecified atom stereocenters. The van der Waals surface area contributed by atoms with Crippen LogP contribution in [0.15, 0.2) is 53.1 Å². The average Bonchev–Trinajstić information content (AvgIpc) is 2.87. The molecule has 2 aliphatic rings. The zero-order valence-corrected chi connectivity index (χ0v) is 14.9. The molecule has 0 fully saturated rings. The topological polar surface area (TPSA) is 38.7 Å². The third kappa shape index (κ3) is 6.69. The molecule has 2 heterocycles. The van der Waals surface area contributed by atoms with Gasteiger partial charge in [-0.15, -0.1) is 0 Å². The lowest BCUT2D eigenvalue weighted by Gasteiger charge is -2.14. The molecule has 0 amide bonds. The van der Waals surface area contributed by atoms with Crippen molar-refractivity contribution in [3.05, 3.63) is 48.1 Å². The molecular weight excluding hydrogens is 298 g/mol. The fourth-order valence-electron chi connectivity index (χ4n) is 2.91. The van der Waals surface area contributed by atoms with Crippen molar-refractivity contribution < 1.29 is 9.53 Å². The molecule has 2 rings (SSSR count). The summed E-state index contributed by atoms with van der Waals surface area (Å²) in [6, 6.07) is 0.487. The van der Waals surface area contributed by atoms with Crippen molar-refractivity contribution in [2.45, 2.75) is 70.9 Å². The van der Waals surface area contributed by atoms with E-state index in [4.69, 9.17) is 4.74 Å². The van der Waals surface area contributed by atoms with Crippen molar-refractivity contribution in [2.75, 3.05) is 0 Å². The van der Waals surface area contributed by atoms with E-state index in [0.717, 1.165) is 32.1 Å². The molecular formula is C21H29NO2. The minimum absolute atomic E-state index is 0.0851. The van der Waals surface area contributed by atoms with Gasteiger partial charge in [-0.25, -0.2) is 4.79 Å². The number of unbranched alkanes of at least 4 members (excludes halogenated alkanes) is 3. The molecule has 3 heteroatoms. The molecule has 130 valence electrons. The number of hydrogen-bond donors (Lipinski definition) is 0. The number of hydrogen-bond acceptors (Lipinski definition) is 3. The summed E-state index contributed by atoms with van der Waals surface area (Å²) in [4.78, 5) is 16.1. The van der Waals surface area contributed by atoms with Crippen molar-refractivity contribution in [1.82, 2.24) is 0 Å². The Morgan fingerprint density at radius 2 is 1.96 bits per heavy atom. The zero-order chi connectivity index (χ0) is 17.2. The Labute approximate surface area is 145 Å². The fourth-order valence-corrected chi connectivity index (χ4v) is 2.91. The van der Waals surface area contributed by atoms with Gasteiger partial charge in [0.05, 0.1) is 5.57 Å². The minimum Gasteiger partial charge on any atom is -0.455 e. The molecule has 24 heavy (non-hydrogen) atoms. The Balaban J connectivity index is 1.55. The maximum atomic E-state index is 11.4. The second-order valence-electron chi connectivity index (χ2n) is 6.57. The highest BCUT2D eigenvalue weighted by Crippen LogP contribution is 2.15. The number of carbonyl (C=O) groups excluding carboxylic acids is 1. The van der Waals surface area contributed by atoms with E-state index >= 15 is 0 Å². The van der Waals surface area contributed by atoms with Gasteiger partial charge in [0.25, 0.3) is 0 Å². The summed E-state index contributed by atoms with van der Waals surface area (Å²) in [5, 5.41) is 0. The van der Waals surface area contributed by atoms with Crippen molar-refractivity contribution in [3.8, 4) is 0 Å². The summed E-state index contributed by atoms with van der Waals surface area (Å²) in [5.41, 5.74) is 1.92. The number of nitrogens with zero attached hydrogens (tertiary/aromatic N) is 1. The van der Waals surface area contributed by atoms with Crippen LogP contribution in [0, 0.1) is 0 Å². The molecule has 0 saturated heterocycles. The first-order valence-electron chi connectivity index (χ1n) is 9.14. The molecule has 0 radical (unpaired) electrons. The lowest BCUT2D eigenvalue weighted by Crippen LogP contribution is -2.10. The largest absolute Gasteiger partial charge is 0.455 e. The summed E-state index contributed by atoms with van der Waals surface area (Å²) < 4.78 is 5.05. The van der Waals surface area contributed by atoms with Gasteiger partial charge in [0, 0.05) is 11.8 Å². The Hall–Kier alpha value is -1.90. The third-order valence-electron chi connectivity index (χ3n) is 4.21. The summed E-state index contributed by atoms with van der Waals surface area (Å²) in [6.07, 6.45) is 22.3. The van der Waals surface area contributed by atoms with Crippen LogP contribution in [0.1, 0.15) is 58.8 Å². The maximum Gasteiger partial charge on any atom is 0.338 e. The van der Waals surface area contributed by atoms with Crippen LogP contribution in [-0.4, -0.2) is 23.8 Å². The lowest BCUT2D eigenvalue weighted by atomic mass is 10.0. The second-order valence-corrected chi connectivity index (χ2v) is 6.57. The van der Waals surface area contributed by atoms with E-state index in [1.165, 1.54) is 18.6 Å². The first kappa shape index (κ1) is 18.4. The van der Waals surface area contributed by atoms with Crippen LogP contribution in [0.2, 0.25) is 0 Å². The molecule has 0 aromatic carbocycles. The fraction of sp³-hybridized carbons (Fsp3) is 0.524. The van der Waals surface area contributed by atoms with Crippen LogP contribution in [0.3, 0.4) is 0 Å². The molecule has 0 aliphatic carbocycles. The van der Waals surface area contributed by atoms with Crippen LogP contribution in [0.25, 0.3) is 0 Å².